The van der Waals surface area contributed by atoms with E-state index in [1.807, 2.05) is 0 Å². The van der Waals surface area contributed by atoms with Crippen molar-refractivity contribution in [2.24, 2.45) is 5.92 Å². The van der Waals surface area contributed by atoms with Crippen LogP contribution in [0.4, 0.5) is 0 Å². The maximum Gasteiger partial charge on any atom is 0.00954 e. The van der Waals surface area contributed by atoms with E-state index >= 15 is 0 Å². The van der Waals surface area contributed by atoms with Gasteiger partial charge < -0.3 is 0 Å². The lowest BCUT2D eigenvalue weighted by Gasteiger charge is -2.34. The molecule has 1 aliphatic heterocycles. The van der Waals surface area contributed by atoms with Crippen LogP contribution in [-0.2, 0) is 0 Å². The van der Waals surface area contributed by atoms with Crippen molar-refractivity contribution >= 4 is 0 Å². The van der Waals surface area contributed by atoms with Crippen LogP contribution in [0.25, 0.3) is 0 Å². The van der Waals surface area contributed by atoms with E-state index < -0.39 is 0 Å². The molecule has 0 aromatic heterocycles. The number of rotatable bonds is 3. The fourth-order valence-corrected chi connectivity index (χ4v) is 4.07. The number of hydrogen-bond donors (Lipinski definition) is 0. The lowest BCUT2D eigenvalue weighted by molar-refractivity contribution is 0.155. The molecule has 1 nitrogen and oxygen atoms in total. The van der Waals surface area contributed by atoms with E-state index in [0.717, 1.165) is 17.9 Å². The molecule has 1 saturated heterocycles. The molecule has 1 aromatic rings. The molecule has 2 fully saturated rings. The molecule has 0 bridgehead atoms. The van der Waals surface area contributed by atoms with Gasteiger partial charge in [0.2, 0.25) is 0 Å². The van der Waals surface area contributed by atoms with E-state index in [0.29, 0.717) is 0 Å². The summed E-state index contributed by atoms with van der Waals surface area (Å²) in [5.74, 6) is 1.73. The summed E-state index contributed by atoms with van der Waals surface area (Å²) in [6.07, 6.45) is 8.67. The largest absolute Gasteiger partial charge is 0.300 e. The van der Waals surface area contributed by atoms with Gasteiger partial charge in [-0.25, -0.2) is 0 Å². The average Bonchev–Trinajstić information content (AvgIpc) is 2.98. The Labute approximate surface area is 118 Å². The second kappa shape index (κ2) is 6.09. The van der Waals surface area contributed by atoms with Gasteiger partial charge in [0.05, 0.1) is 0 Å². The standard InChI is InChI=1S/C18H27N/c1-15(16-8-4-2-5-9-16)19-13-12-18(14-19)17-10-6-3-7-11-17/h3,6-7,10-11,15-16,18H,2,4-5,8-9,12-14H2,1H3/t15?,18-/m1/s1. The maximum atomic E-state index is 2.76. The van der Waals surface area contributed by atoms with Crippen molar-refractivity contribution < 1.29 is 0 Å². The topological polar surface area (TPSA) is 3.24 Å². The monoisotopic (exact) mass is 257 g/mol. The number of benzene rings is 1. The first-order valence-corrected chi connectivity index (χ1v) is 8.13. The molecule has 2 atom stereocenters. The van der Waals surface area contributed by atoms with Gasteiger partial charge in [0.25, 0.3) is 0 Å². The van der Waals surface area contributed by atoms with Crippen molar-refractivity contribution in [3.05, 3.63) is 35.9 Å². The zero-order valence-corrected chi connectivity index (χ0v) is 12.2. The van der Waals surface area contributed by atoms with Crippen LogP contribution in [0.3, 0.4) is 0 Å². The predicted molar refractivity (Wildman–Crippen MR) is 81.4 cm³/mol. The first-order chi connectivity index (χ1) is 9.34. The fraction of sp³-hybridized carbons (Fsp3) is 0.667. The quantitative estimate of drug-likeness (QED) is 0.773. The second-order valence-corrected chi connectivity index (χ2v) is 6.53. The van der Waals surface area contributed by atoms with Gasteiger partial charge in [-0.05, 0) is 50.1 Å². The molecule has 104 valence electrons. The highest BCUT2D eigenvalue weighted by atomic mass is 15.2. The molecular formula is C18H27N. The number of likely N-dealkylation sites (tertiary alicyclic amines) is 1. The molecule has 19 heavy (non-hydrogen) atoms. The lowest BCUT2D eigenvalue weighted by atomic mass is 9.84. The zero-order chi connectivity index (χ0) is 13.1. The Bertz CT molecular complexity index is 380. The van der Waals surface area contributed by atoms with Gasteiger partial charge in [-0.15, -0.1) is 0 Å². The van der Waals surface area contributed by atoms with Crippen molar-refractivity contribution in [3.8, 4) is 0 Å². The number of hydrogen-bond acceptors (Lipinski definition) is 1. The summed E-state index contributed by atoms with van der Waals surface area (Å²) in [7, 11) is 0. The van der Waals surface area contributed by atoms with Crippen LogP contribution in [0.2, 0.25) is 0 Å². The lowest BCUT2D eigenvalue weighted by Crippen LogP contribution is -2.37. The molecule has 1 aliphatic carbocycles. The summed E-state index contributed by atoms with van der Waals surface area (Å²) in [6.45, 7) is 5.06. The third-order valence-electron chi connectivity index (χ3n) is 5.40. The predicted octanol–water partition coefficient (Wildman–Crippen LogP) is 4.44. The summed E-state index contributed by atoms with van der Waals surface area (Å²) < 4.78 is 0. The molecule has 0 amide bonds. The minimum atomic E-state index is 0.771. The minimum Gasteiger partial charge on any atom is -0.300 e. The maximum absolute atomic E-state index is 2.76. The third-order valence-corrected chi connectivity index (χ3v) is 5.40. The molecule has 0 N–H and O–H groups in total. The van der Waals surface area contributed by atoms with Gasteiger partial charge in [-0.2, -0.15) is 0 Å². The van der Waals surface area contributed by atoms with E-state index in [9.17, 15) is 0 Å². The van der Waals surface area contributed by atoms with Crippen LogP contribution in [0.15, 0.2) is 30.3 Å². The van der Waals surface area contributed by atoms with Crippen molar-refractivity contribution in [1.29, 1.82) is 0 Å². The van der Waals surface area contributed by atoms with E-state index in [1.54, 1.807) is 5.56 Å². The van der Waals surface area contributed by atoms with Gasteiger partial charge >= 0.3 is 0 Å². The van der Waals surface area contributed by atoms with E-state index in [2.05, 4.69) is 42.2 Å². The van der Waals surface area contributed by atoms with Gasteiger partial charge in [-0.3, -0.25) is 4.90 Å². The van der Waals surface area contributed by atoms with Crippen LogP contribution in [-0.4, -0.2) is 24.0 Å². The Balaban J connectivity index is 1.59. The molecule has 2 aliphatic rings. The van der Waals surface area contributed by atoms with Crippen molar-refractivity contribution in [2.75, 3.05) is 13.1 Å². The van der Waals surface area contributed by atoms with Crippen molar-refractivity contribution in [2.45, 2.75) is 57.4 Å². The van der Waals surface area contributed by atoms with Gasteiger partial charge in [0, 0.05) is 12.6 Å². The Kier molecular flexibility index (Phi) is 4.22. The van der Waals surface area contributed by atoms with Crippen LogP contribution in [0.1, 0.15) is 56.9 Å². The molecule has 1 unspecified atom stereocenters. The molecular weight excluding hydrogens is 230 g/mol. The Hall–Kier alpha value is -0.820. The molecule has 1 aromatic carbocycles. The van der Waals surface area contributed by atoms with Gasteiger partial charge in [-0.1, -0.05) is 49.6 Å². The molecule has 1 heteroatoms. The molecule has 1 heterocycles. The van der Waals surface area contributed by atoms with E-state index in [1.165, 1.54) is 51.6 Å². The molecule has 3 rings (SSSR count). The Morgan fingerprint density at radius 2 is 1.74 bits per heavy atom. The van der Waals surface area contributed by atoms with Crippen LogP contribution >= 0.6 is 0 Å². The van der Waals surface area contributed by atoms with Gasteiger partial charge in [0.15, 0.2) is 0 Å². The summed E-state index contributed by atoms with van der Waals surface area (Å²) >= 11 is 0. The highest BCUT2D eigenvalue weighted by Crippen LogP contribution is 2.34. The normalized spacial score (nSPS) is 27.5. The third kappa shape index (κ3) is 3.02. The summed E-state index contributed by atoms with van der Waals surface area (Å²) in [4.78, 5) is 2.76. The zero-order valence-electron chi connectivity index (χ0n) is 12.2. The van der Waals surface area contributed by atoms with Crippen LogP contribution in [0, 0.1) is 5.92 Å². The average molecular weight is 257 g/mol. The summed E-state index contributed by atoms with van der Waals surface area (Å²) in [5, 5.41) is 0. The minimum absolute atomic E-state index is 0.771. The SMILES string of the molecule is CC(C1CCCCC1)N1CC[C@@H](c2ccccc2)C1. The molecule has 1 saturated carbocycles. The number of nitrogens with zero attached hydrogens (tertiary/aromatic N) is 1. The molecule has 0 spiro atoms. The fourth-order valence-electron chi connectivity index (χ4n) is 4.07. The Morgan fingerprint density at radius 1 is 1.00 bits per heavy atom. The molecule has 0 radical (unpaired) electrons. The first kappa shape index (κ1) is 13.2. The van der Waals surface area contributed by atoms with Gasteiger partial charge in [0.1, 0.15) is 0 Å². The van der Waals surface area contributed by atoms with Crippen molar-refractivity contribution in [1.82, 2.24) is 4.90 Å². The highest BCUT2D eigenvalue weighted by molar-refractivity contribution is 5.21. The van der Waals surface area contributed by atoms with E-state index in [4.69, 9.17) is 0 Å². The Morgan fingerprint density at radius 3 is 2.47 bits per heavy atom. The second-order valence-electron chi connectivity index (χ2n) is 6.53. The first-order valence-electron chi connectivity index (χ1n) is 8.13. The van der Waals surface area contributed by atoms with Crippen molar-refractivity contribution in [3.63, 3.8) is 0 Å². The van der Waals surface area contributed by atoms with E-state index in [-0.39, 0.29) is 0 Å². The summed E-state index contributed by atoms with van der Waals surface area (Å²) in [6, 6.07) is 11.9. The smallest absolute Gasteiger partial charge is 0.00954 e. The highest BCUT2D eigenvalue weighted by Gasteiger charge is 2.31. The summed E-state index contributed by atoms with van der Waals surface area (Å²) in [5.41, 5.74) is 1.54. The van der Waals surface area contributed by atoms with Crippen LogP contribution in [0.5, 0.6) is 0 Å². The van der Waals surface area contributed by atoms with Crippen LogP contribution < -0.4 is 0 Å².